The molecule has 0 aliphatic carbocycles. The van der Waals surface area contributed by atoms with Gasteiger partial charge in [-0.05, 0) is 25.0 Å². The average Bonchev–Trinajstić information content (AvgIpc) is 3.30. The minimum atomic E-state index is -1.78. The third-order valence-electron chi connectivity index (χ3n) is 6.25. The topological polar surface area (TPSA) is 99.2 Å². The number of likely N-dealkylation sites (tertiary alicyclic amines) is 1. The molecule has 1 amide bonds. The molecule has 1 aliphatic heterocycles. The van der Waals surface area contributed by atoms with Gasteiger partial charge in [0.25, 0.3) is 5.91 Å². The van der Waals surface area contributed by atoms with Gasteiger partial charge in [-0.1, -0.05) is 23.2 Å². The Kier molecular flexibility index (Phi) is 7.21. The zero-order valence-corrected chi connectivity index (χ0v) is 21.2. The SMILES string of the molecule is Nc1ncnc2c1c(-c1ccc(Oc3c(F)c(F)cc(F)c3F)cc1F)nn2C1CCCN(C(=O)C(Cl)Cl)C1. The van der Waals surface area contributed by atoms with E-state index in [1.165, 1.54) is 22.0 Å². The van der Waals surface area contributed by atoms with Gasteiger partial charge in [0, 0.05) is 30.8 Å². The number of nitrogens with zero attached hydrogens (tertiary/aromatic N) is 5. The van der Waals surface area contributed by atoms with Crippen LogP contribution in [0.4, 0.5) is 27.8 Å². The molecule has 1 unspecified atom stereocenters. The number of nitrogen functional groups attached to an aromatic ring is 1. The zero-order valence-electron chi connectivity index (χ0n) is 19.6. The lowest BCUT2D eigenvalue weighted by atomic mass is 10.1. The number of carbonyl (C=O) groups is 1. The summed E-state index contributed by atoms with van der Waals surface area (Å²) in [5.74, 6) is -10.1. The van der Waals surface area contributed by atoms with Crippen LogP contribution in [-0.4, -0.2) is 48.5 Å². The van der Waals surface area contributed by atoms with Crippen molar-refractivity contribution in [1.29, 1.82) is 0 Å². The van der Waals surface area contributed by atoms with Gasteiger partial charge in [0.1, 0.15) is 29.4 Å². The summed E-state index contributed by atoms with van der Waals surface area (Å²) in [6.45, 7) is 0.659. The van der Waals surface area contributed by atoms with Gasteiger partial charge in [-0.2, -0.15) is 13.9 Å². The van der Waals surface area contributed by atoms with E-state index >= 15 is 4.39 Å². The van der Waals surface area contributed by atoms with Gasteiger partial charge in [0.2, 0.25) is 17.4 Å². The Morgan fingerprint density at radius 3 is 2.44 bits per heavy atom. The number of ether oxygens (including phenoxy) is 1. The minimum Gasteiger partial charge on any atom is -0.451 e. The van der Waals surface area contributed by atoms with Crippen LogP contribution < -0.4 is 10.5 Å². The summed E-state index contributed by atoms with van der Waals surface area (Å²) in [5, 5.41) is 4.77. The van der Waals surface area contributed by atoms with Crippen LogP contribution in [0.2, 0.25) is 0 Å². The Labute approximate surface area is 227 Å². The Morgan fingerprint density at radius 2 is 1.77 bits per heavy atom. The van der Waals surface area contributed by atoms with Gasteiger partial charge < -0.3 is 15.4 Å². The second-order valence-corrected chi connectivity index (χ2v) is 9.77. The molecule has 0 saturated carbocycles. The van der Waals surface area contributed by atoms with Gasteiger partial charge in [-0.3, -0.25) is 4.79 Å². The molecule has 2 aromatic carbocycles. The number of rotatable bonds is 5. The highest BCUT2D eigenvalue weighted by Gasteiger charge is 2.31. The van der Waals surface area contributed by atoms with Crippen LogP contribution in [0.3, 0.4) is 0 Å². The van der Waals surface area contributed by atoms with Crippen molar-refractivity contribution >= 4 is 46.0 Å². The smallest absolute Gasteiger partial charge is 0.255 e. The number of hydrogen-bond donors (Lipinski definition) is 1. The molecule has 204 valence electrons. The number of piperidine rings is 1. The maximum atomic E-state index is 15.3. The van der Waals surface area contributed by atoms with Crippen LogP contribution in [-0.2, 0) is 4.79 Å². The molecule has 2 N–H and O–H groups in total. The number of alkyl halides is 2. The minimum absolute atomic E-state index is 0.00526. The maximum absolute atomic E-state index is 15.3. The fourth-order valence-electron chi connectivity index (χ4n) is 4.44. The van der Waals surface area contributed by atoms with Crippen molar-refractivity contribution < 1.29 is 31.5 Å². The Bertz CT molecular complexity index is 1580. The van der Waals surface area contributed by atoms with Crippen molar-refractivity contribution in [2.75, 3.05) is 18.8 Å². The number of nitrogens with two attached hydrogens (primary N) is 1. The highest BCUT2D eigenvalue weighted by Crippen LogP contribution is 2.37. The fraction of sp³-hybridized carbons (Fsp3) is 0.250. The van der Waals surface area contributed by atoms with Crippen LogP contribution in [0, 0.1) is 29.1 Å². The average molecular weight is 587 g/mol. The van der Waals surface area contributed by atoms with Crippen LogP contribution in [0.5, 0.6) is 11.5 Å². The molecule has 0 bridgehead atoms. The predicted molar refractivity (Wildman–Crippen MR) is 132 cm³/mol. The predicted octanol–water partition coefficient (Wildman–Crippen LogP) is 5.53. The van der Waals surface area contributed by atoms with Crippen molar-refractivity contribution in [3.05, 3.63) is 59.7 Å². The Balaban J connectivity index is 1.53. The van der Waals surface area contributed by atoms with Gasteiger partial charge in [0.15, 0.2) is 22.1 Å². The molecule has 1 saturated heterocycles. The molecule has 15 heteroatoms. The quantitative estimate of drug-likeness (QED) is 0.187. The highest BCUT2D eigenvalue weighted by molar-refractivity contribution is 6.53. The van der Waals surface area contributed by atoms with Gasteiger partial charge in [0.05, 0.1) is 11.4 Å². The summed E-state index contributed by atoms with van der Waals surface area (Å²) in [6, 6.07) is 2.74. The lowest BCUT2D eigenvalue weighted by Gasteiger charge is -2.33. The zero-order chi connectivity index (χ0) is 28.0. The summed E-state index contributed by atoms with van der Waals surface area (Å²) in [6.07, 6.45) is 2.44. The van der Waals surface area contributed by atoms with Crippen molar-refractivity contribution in [3.63, 3.8) is 0 Å². The van der Waals surface area contributed by atoms with Crippen LogP contribution in [0.25, 0.3) is 22.3 Å². The first-order valence-corrected chi connectivity index (χ1v) is 12.3. The number of anilines is 1. The summed E-state index contributed by atoms with van der Waals surface area (Å²) in [5.41, 5.74) is 6.33. The normalized spacial score (nSPS) is 15.8. The molecule has 1 aliphatic rings. The van der Waals surface area contributed by atoms with Gasteiger partial charge in [-0.25, -0.2) is 27.8 Å². The van der Waals surface area contributed by atoms with Crippen molar-refractivity contribution in [2.45, 2.75) is 23.7 Å². The maximum Gasteiger partial charge on any atom is 0.255 e. The Hall–Kier alpha value is -3.71. The van der Waals surface area contributed by atoms with E-state index in [2.05, 4.69) is 15.1 Å². The molecule has 0 spiro atoms. The number of fused-ring (bicyclic) bond motifs is 1. The number of aromatic nitrogens is 4. The van der Waals surface area contributed by atoms with E-state index in [0.717, 1.165) is 12.1 Å². The largest absolute Gasteiger partial charge is 0.451 e. The number of benzene rings is 2. The van der Waals surface area contributed by atoms with E-state index in [0.29, 0.717) is 19.4 Å². The van der Waals surface area contributed by atoms with E-state index in [9.17, 15) is 22.4 Å². The molecule has 1 fully saturated rings. The van der Waals surface area contributed by atoms with E-state index in [1.807, 2.05) is 0 Å². The third kappa shape index (κ3) is 4.91. The molecule has 8 nitrogen and oxygen atoms in total. The molecule has 5 rings (SSSR count). The number of halogens is 7. The van der Waals surface area contributed by atoms with Gasteiger partial charge in [-0.15, -0.1) is 0 Å². The summed E-state index contributed by atoms with van der Waals surface area (Å²) in [4.78, 5) is 20.8. The van der Waals surface area contributed by atoms with E-state index in [-0.39, 0.29) is 46.8 Å². The summed E-state index contributed by atoms with van der Waals surface area (Å²) >= 11 is 11.5. The van der Waals surface area contributed by atoms with E-state index in [4.69, 9.17) is 33.7 Å². The first-order chi connectivity index (χ1) is 18.6. The van der Waals surface area contributed by atoms with E-state index in [1.54, 1.807) is 0 Å². The molecule has 4 aromatic rings. The lowest BCUT2D eigenvalue weighted by molar-refractivity contribution is -0.131. The number of amides is 1. The molecular formula is C24H17Cl2F5N6O2. The second kappa shape index (κ2) is 10.5. The molecule has 2 aromatic heterocycles. The molecular weight excluding hydrogens is 570 g/mol. The van der Waals surface area contributed by atoms with Crippen LogP contribution in [0.15, 0.2) is 30.6 Å². The van der Waals surface area contributed by atoms with Crippen molar-refractivity contribution in [1.82, 2.24) is 24.6 Å². The third-order valence-corrected chi connectivity index (χ3v) is 6.62. The Morgan fingerprint density at radius 1 is 1.05 bits per heavy atom. The van der Waals surface area contributed by atoms with Crippen LogP contribution in [0.1, 0.15) is 18.9 Å². The summed E-state index contributed by atoms with van der Waals surface area (Å²) in [7, 11) is 0. The highest BCUT2D eigenvalue weighted by atomic mass is 35.5. The molecule has 0 radical (unpaired) electrons. The monoisotopic (exact) mass is 586 g/mol. The molecule has 39 heavy (non-hydrogen) atoms. The number of hydrogen-bond acceptors (Lipinski definition) is 6. The number of carbonyl (C=O) groups excluding carboxylic acids is 1. The first kappa shape index (κ1) is 26.9. The fourth-order valence-corrected chi connectivity index (χ4v) is 4.72. The molecule has 1 atom stereocenters. The lowest BCUT2D eigenvalue weighted by Crippen LogP contribution is -2.43. The van der Waals surface area contributed by atoms with Gasteiger partial charge >= 0.3 is 0 Å². The summed E-state index contributed by atoms with van der Waals surface area (Å²) < 4.78 is 76.9. The first-order valence-electron chi connectivity index (χ1n) is 11.4. The van der Waals surface area contributed by atoms with Crippen LogP contribution >= 0.6 is 23.2 Å². The van der Waals surface area contributed by atoms with E-state index < -0.39 is 51.3 Å². The standard InChI is InChI=1S/C24H17Cl2F5N6O2/c25-21(26)24(38)36-5-1-2-10(8-36)37-23-16(22(32)33-9-34-23)19(35-37)12-4-3-11(6-13(12)27)39-20-17(30)14(28)7-15(29)18(20)31/h3-4,6-7,9-10,21H,1-2,5,8H2,(H2,32,33,34). The van der Waals surface area contributed by atoms with Crippen molar-refractivity contribution in [2.24, 2.45) is 0 Å². The second-order valence-electron chi connectivity index (χ2n) is 8.67. The molecule has 3 heterocycles. The van der Waals surface area contributed by atoms with Crippen molar-refractivity contribution in [3.8, 4) is 22.8 Å².